The third-order valence-corrected chi connectivity index (χ3v) is 8.30. The number of hydrogen-bond acceptors (Lipinski definition) is 6. The van der Waals surface area contributed by atoms with Gasteiger partial charge in [0.15, 0.2) is 0 Å². The summed E-state index contributed by atoms with van der Waals surface area (Å²) in [5, 5.41) is 5.60. The van der Waals surface area contributed by atoms with Gasteiger partial charge in [0.2, 0.25) is 11.8 Å². The molecule has 0 aromatic heterocycles. The quantitative estimate of drug-likeness (QED) is 0.480. The van der Waals surface area contributed by atoms with Crippen LogP contribution in [0, 0.1) is 5.92 Å². The number of alkyl halides is 1. The van der Waals surface area contributed by atoms with Gasteiger partial charge in [0.25, 0.3) is 0 Å². The molecule has 1 aromatic carbocycles. The second kappa shape index (κ2) is 13.3. The predicted molar refractivity (Wildman–Crippen MR) is 149 cm³/mol. The van der Waals surface area contributed by atoms with E-state index in [1.165, 1.54) is 7.05 Å². The Balaban J connectivity index is 1.58. The van der Waals surface area contributed by atoms with E-state index in [1.54, 1.807) is 9.80 Å². The van der Waals surface area contributed by atoms with Crippen molar-refractivity contribution in [1.29, 1.82) is 0 Å². The molecule has 2 saturated heterocycles. The monoisotopic (exact) mass is 560 g/mol. The number of carbonyl (C=O) groups is 3. The largest absolute Gasteiger partial charge is 0.444 e. The molecule has 1 saturated carbocycles. The molecule has 3 fully saturated rings. The van der Waals surface area contributed by atoms with Gasteiger partial charge in [-0.2, -0.15) is 0 Å². The van der Waals surface area contributed by atoms with Crippen LogP contribution in [0.2, 0.25) is 0 Å². The van der Waals surface area contributed by atoms with E-state index in [4.69, 9.17) is 9.47 Å². The number of nitrogens with one attached hydrogen (secondary N) is 2. The summed E-state index contributed by atoms with van der Waals surface area (Å²) in [5.74, 6) is -0.711. The van der Waals surface area contributed by atoms with Crippen molar-refractivity contribution in [2.24, 2.45) is 5.92 Å². The number of halogens is 1. The normalized spacial score (nSPS) is 24.9. The van der Waals surface area contributed by atoms with Crippen molar-refractivity contribution < 1.29 is 28.2 Å². The summed E-state index contributed by atoms with van der Waals surface area (Å²) >= 11 is 0. The molecule has 0 bridgehead atoms. The van der Waals surface area contributed by atoms with Crippen LogP contribution in [0.5, 0.6) is 0 Å². The topological polar surface area (TPSA) is 100 Å². The Hall–Kier alpha value is -2.72. The summed E-state index contributed by atoms with van der Waals surface area (Å²) in [6.07, 6.45) is 4.50. The van der Waals surface area contributed by atoms with E-state index in [0.29, 0.717) is 26.1 Å². The number of hydrogen-bond donors (Lipinski definition) is 2. The Labute approximate surface area is 237 Å². The van der Waals surface area contributed by atoms with Gasteiger partial charge in [0, 0.05) is 6.54 Å². The SMILES string of the molecule is CN[C@@H](CF)C(=O)N[C@H](C(=O)N1CC[C@@H]2[C@H]1[C@@H](OCc1ccccc1)CN2C(=O)OC(C)(C)C)C1CCCCC1. The molecule has 0 spiro atoms. The van der Waals surface area contributed by atoms with Gasteiger partial charge in [0.1, 0.15) is 24.4 Å². The smallest absolute Gasteiger partial charge is 0.410 e. The Morgan fingerprint density at radius 2 is 1.75 bits per heavy atom. The van der Waals surface area contributed by atoms with Crippen molar-refractivity contribution >= 4 is 17.9 Å². The average molecular weight is 561 g/mol. The zero-order valence-electron chi connectivity index (χ0n) is 24.2. The zero-order valence-corrected chi connectivity index (χ0v) is 24.2. The molecule has 0 unspecified atom stereocenters. The standard InChI is InChI=1S/C30H45FN4O5/c1-30(2,3)40-29(38)35-18-24(39-19-20-11-7-5-8-12-20)26-23(35)15-16-34(26)28(37)25(21-13-9-6-10-14-21)33-27(36)22(17-31)32-4/h5,7-8,11-12,21-26,32H,6,9-10,13-19H2,1-4H3,(H,33,36)/t22-,23+,24-,25-,26-/m0/s1. The first-order chi connectivity index (χ1) is 19.1. The van der Waals surface area contributed by atoms with Crippen LogP contribution in [0.1, 0.15) is 64.9 Å². The predicted octanol–water partition coefficient (Wildman–Crippen LogP) is 3.41. The van der Waals surface area contributed by atoms with Crippen LogP contribution in [0.15, 0.2) is 30.3 Å². The molecule has 9 nitrogen and oxygen atoms in total. The second-order valence-electron chi connectivity index (χ2n) is 12.2. The number of benzene rings is 1. The summed E-state index contributed by atoms with van der Waals surface area (Å²) in [6, 6.07) is 7.41. The van der Waals surface area contributed by atoms with E-state index >= 15 is 0 Å². The highest BCUT2D eigenvalue weighted by Gasteiger charge is 2.54. The molecule has 1 aromatic rings. The minimum absolute atomic E-state index is 0.0200. The Kier molecular flexibility index (Phi) is 10.1. The van der Waals surface area contributed by atoms with Crippen LogP contribution in [0.3, 0.4) is 0 Å². The molecule has 2 N–H and O–H groups in total. The molecule has 10 heteroatoms. The number of amides is 3. The van der Waals surface area contributed by atoms with E-state index in [2.05, 4.69) is 10.6 Å². The summed E-state index contributed by atoms with van der Waals surface area (Å²) in [6.45, 7) is 5.74. The van der Waals surface area contributed by atoms with Gasteiger partial charge >= 0.3 is 6.09 Å². The van der Waals surface area contributed by atoms with Gasteiger partial charge < -0.3 is 29.9 Å². The van der Waals surface area contributed by atoms with Crippen molar-refractivity contribution in [1.82, 2.24) is 20.4 Å². The fourth-order valence-corrected chi connectivity index (χ4v) is 6.30. The maximum atomic E-state index is 14.3. The van der Waals surface area contributed by atoms with Crippen LogP contribution in [0.4, 0.5) is 9.18 Å². The number of ether oxygens (including phenoxy) is 2. The Bertz CT molecular complexity index is 1010. The molecule has 1 aliphatic carbocycles. The Morgan fingerprint density at radius 3 is 2.38 bits per heavy atom. The van der Waals surface area contributed by atoms with Gasteiger partial charge in [-0.25, -0.2) is 9.18 Å². The van der Waals surface area contributed by atoms with Crippen LogP contribution in [0.25, 0.3) is 0 Å². The number of rotatable bonds is 9. The van der Waals surface area contributed by atoms with Crippen molar-refractivity contribution in [3.63, 3.8) is 0 Å². The number of nitrogens with zero attached hydrogens (tertiary/aromatic N) is 2. The maximum Gasteiger partial charge on any atom is 0.410 e. The summed E-state index contributed by atoms with van der Waals surface area (Å²) < 4.78 is 25.6. The van der Waals surface area contributed by atoms with Crippen LogP contribution >= 0.6 is 0 Å². The molecular weight excluding hydrogens is 515 g/mol. The fraction of sp³-hybridized carbons (Fsp3) is 0.700. The van der Waals surface area contributed by atoms with E-state index in [-0.39, 0.29) is 23.9 Å². The lowest BCUT2D eigenvalue weighted by Gasteiger charge is -2.36. The first-order valence-corrected chi connectivity index (χ1v) is 14.6. The number of fused-ring (bicyclic) bond motifs is 1. The highest BCUT2D eigenvalue weighted by atomic mass is 19.1. The van der Waals surface area contributed by atoms with E-state index < -0.39 is 42.5 Å². The molecular formula is C30H45FN4O5. The molecule has 0 radical (unpaired) electrons. The summed E-state index contributed by atoms with van der Waals surface area (Å²) in [5.41, 5.74) is 0.350. The minimum atomic E-state index is -1.01. The lowest BCUT2D eigenvalue weighted by molar-refractivity contribution is -0.141. The number of likely N-dealkylation sites (tertiary alicyclic amines) is 2. The average Bonchev–Trinajstić information content (AvgIpc) is 3.52. The summed E-state index contributed by atoms with van der Waals surface area (Å²) in [4.78, 5) is 43.9. The van der Waals surface area contributed by atoms with Crippen LogP contribution in [-0.4, -0.2) is 90.4 Å². The first-order valence-electron chi connectivity index (χ1n) is 14.6. The van der Waals surface area contributed by atoms with E-state index in [9.17, 15) is 18.8 Å². The van der Waals surface area contributed by atoms with Crippen molar-refractivity contribution in [2.75, 3.05) is 26.8 Å². The maximum absolute atomic E-state index is 14.3. The first kappa shape index (κ1) is 30.2. The van der Waals surface area contributed by atoms with Gasteiger partial charge in [0.05, 0.1) is 31.3 Å². The number of likely N-dealkylation sites (N-methyl/N-ethyl adjacent to an activating group) is 1. The van der Waals surface area contributed by atoms with Crippen molar-refractivity contribution in [3.8, 4) is 0 Å². The molecule has 3 amide bonds. The molecule has 222 valence electrons. The third kappa shape index (κ3) is 7.13. The summed E-state index contributed by atoms with van der Waals surface area (Å²) in [7, 11) is 1.53. The van der Waals surface area contributed by atoms with E-state index in [1.807, 2.05) is 51.1 Å². The van der Waals surface area contributed by atoms with E-state index in [0.717, 1.165) is 37.7 Å². The van der Waals surface area contributed by atoms with Gasteiger partial charge in [-0.15, -0.1) is 0 Å². The van der Waals surface area contributed by atoms with Crippen molar-refractivity contribution in [3.05, 3.63) is 35.9 Å². The van der Waals surface area contributed by atoms with Crippen LogP contribution < -0.4 is 10.6 Å². The molecule has 2 heterocycles. The zero-order chi connectivity index (χ0) is 28.9. The van der Waals surface area contributed by atoms with Gasteiger partial charge in [-0.05, 0) is 58.6 Å². The van der Waals surface area contributed by atoms with Crippen molar-refractivity contribution in [2.45, 2.75) is 102 Å². The fourth-order valence-electron chi connectivity index (χ4n) is 6.30. The molecule has 3 aliphatic rings. The highest BCUT2D eigenvalue weighted by Crippen LogP contribution is 2.37. The Morgan fingerprint density at radius 1 is 1.05 bits per heavy atom. The minimum Gasteiger partial charge on any atom is -0.444 e. The molecule has 5 atom stereocenters. The molecule has 40 heavy (non-hydrogen) atoms. The number of carbonyl (C=O) groups excluding carboxylic acids is 3. The highest BCUT2D eigenvalue weighted by molar-refractivity contribution is 5.90. The second-order valence-corrected chi connectivity index (χ2v) is 12.2. The lowest BCUT2D eigenvalue weighted by atomic mass is 9.83. The molecule has 4 rings (SSSR count). The van der Waals surface area contributed by atoms with Crippen LogP contribution in [-0.2, 0) is 25.7 Å². The van der Waals surface area contributed by atoms with Gasteiger partial charge in [-0.1, -0.05) is 49.6 Å². The lowest BCUT2D eigenvalue weighted by Crippen LogP contribution is -2.58. The van der Waals surface area contributed by atoms with Gasteiger partial charge in [-0.3, -0.25) is 9.59 Å². The molecule has 2 aliphatic heterocycles. The third-order valence-electron chi connectivity index (χ3n) is 8.30.